The van der Waals surface area contributed by atoms with E-state index in [1.54, 1.807) is 28.3 Å². The average Bonchev–Trinajstić information content (AvgIpc) is 3.88. The molecule has 79 heavy (non-hydrogen) atoms. The van der Waals surface area contributed by atoms with E-state index in [-0.39, 0.29) is 34.2 Å². The number of carbonyl (C=O) groups excluding carboxylic acids is 1. The Morgan fingerprint density at radius 3 is 1.33 bits per heavy atom. The van der Waals surface area contributed by atoms with Gasteiger partial charge in [-0.15, -0.1) is 0 Å². The number of likely N-dealkylation sites (tertiary alicyclic amines) is 2. The van der Waals surface area contributed by atoms with E-state index in [1.165, 1.54) is 66.0 Å². The Labute approximate surface area is 478 Å². The average molecular weight is 1090 g/mol. The molecule has 13 heteroatoms. The number of nitrogens with zero attached hydrogens (tertiary/aromatic N) is 6. The monoisotopic (exact) mass is 1090 g/mol. The molecule has 1 unspecified atom stereocenters. The van der Waals surface area contributed by atoms with Gasteiger partial charge in [0, 0.05) is 119 Å². The fraction of sp³-hybridized carbons (Fsp3) is 0.621. The standard InChI is InChI=1S/C17H28N2O.C17H28N2.C16H25FN2O.C16H24N2O2/c1-17(2,3)15-8-7-13(11-16(15)20-6)19-10-9-14(12-19)18(4)5;1-17(2,3)14-6-8-16(9-7-14)19-12-10-15(11-13-19)18(4)5;1-16(2,3)14-6-5-12(9-15(14)20-4)18-13-10-19(11-13)8-7-17;1-11(19)18-9-13(10-18)17-12-6-7-14(16(2,3)4)15(8-12)20-5/h7-8,11,14H,9-10,12H2,1-6H3;6-9,15H,10-13H2,1-5H3;5-6,9,13,18H,7-8,10-11H2,1-4H3;6-8,13,17H,9-10H2,1-5H3. The predicted octanol–water partition coefficient (Wildman–Crippen LogP) is 12.3. The lowest BCUT2D eigenvalue weighted by Crippen LogP contribution is -2.56. The number of alkyl halides is 1. The van der Waals surface area contributed by atoms with Crippen molar-refractivity contribution in [2.45, 2.75) is 155 Å². The van der Waals surface area contributed by atoms with Crippen molar-refractivity contribution in [3.05, 3.63) is 101 Å². The lowest BCUT2D eigenvalue weighted by Gasteiger charge is -2.39. The van der Waals surface area contributed by atoms with Crippen molar-refractivity contribution in [3.63, 3.8) is 0 Å². The van der Waals surface area contributed by atoms with Crippen molar-refractivity contribution < 1.29 is 23.4 Å². The number of amides is 1. The molecule has 12 nitrogen and oxygen atoms in total. The van der Waals surface area contributed by atoms with Crippen LogP contribution in [-0.4, -0.2) is 165 Å². The number of hydrogen-bond donors (Lipinski definition) is 2. The highest BCUT2D eigenvalue weighted by Gasteiger charge is 2.31. The first-order valence-corrected chi connectivity index (χ1v) is 29.0. The maximum Gasteiger partial charge on any atom is 0.219 e. The lowest BCUT2D eigenvalue weighted by molar-refractivity contribution is -0.132. The number of hydrogen-bond acceptors (Lipinski definition) is 11. The van der Waals surface area contributed by atoms with Crippen LogP contribution in [0.3, 0.4) is 0 Å². The van der Waals surface area contributed by atoms with E-state index in [0.717, 1.165) is 73.9 Å². The fourth-order valence-electron chi connectivity index (χ4n) is 10.8. The number of nitrogens with one attached hydrogen (secondary N) is 2. The summed E-state index contributed by atoms with van der Waals surface area (Å²) in [7, 11) is 13.9. The molecule has 4 fully saturated rings. The van der Waals surface area contributed by atoms with E-state index in [9.17, 15) is 9.18 Å². The Morgan fingerprint density at radius 2 is 0.937 bits per heavy atom. The third kappa shape index (κ3) is 18.7. The van der Waals surface area contributed by atoms with E-state index in [2.05, 4.69) is 219 Å². The smallest absolute Gasteiger partial charge is 0.219 e. The topological polar surface area (TPSA) is 88.3 Å². The molecular formula is C66H105FN8O4. The number of benzene rings is 4. The quantitative estimate of drug-likeness (QED) is 0.134. The molecule has 4 aliphatic heterocycles. The molecule has 2 N–H and O–H groups in total. The zero-order valence-electron chi connectivity index (χ0n) is 52.7. The zero-order valence-corrected chi connectivity index (χ0v) is 52.7. The second kappa shape index (κ2) is 28.0. The van der Waals surface area contributed by atoms with Crippen LogP contribution in [0.5, 0.6) is 17.2 Å². The van der Waals surface area contributed by atoms with Crippen molar-refractivity contribution in [2.75, 3.05) is 136 Å². The summed E-state index contributed by atoms with van der Waals surface area (Å²) in [5, 5.41) is 6.92. The van der Waals surface area contributed by atoms with Crippen LogP contribution in [0.1, 0.15) is 132 Å². The number of anilines is 4. The summed E-state index contributed by atoms with van der Waals surface area (Å²) >= 11 is 0. The highest BCUT2D eigenvalue weighted by atomic mass is 19.1. The molecule has 0 spiro atoms. The normalized spacial score (nSPS) is 17.6. The predicted molar refractivity (Wildman–Crippen MR) is 333 cm³/mol. The lowest BCUT2D eigenvalue weighted by atomic mass is 9.86. The minimum Gasteiger partial charge on any atom is -0.496 e. The molecule has 4 heterocycles. The van der Waals surface area contributed by atoms with E-state index < -0.39 is 0 Å². The summed E-state index contributed by atoms with van der Waals surface area (Å²) in [6.45, 7) is 36.4. The van der Waals surface area contributed by atoms with Gasteiger partial charge in [0.05, 0.1) is 33.4 Å². The van der Waals surface area contributed by atoms with Crippen LogP contribution in [0.2, 0.25) is 0 Å². The molecule has 4 aliphatic rings. The van der Waals surface area contributed by atoms with E-state index in [0.29, 0.717) is 24.7 Å². The first-order valence-electron chi connectivity index (χ1n) is 29.0. The number of methoxy groups -OCH3 is 3. The van der Waals surface area contributed by atoms with Gasteiger partial charge in [-0.05, 0) is 122 Å². The summed E-state index contributed by atoms with van der Waals surface area (Å²) < 4.78 is 28.8. The molecular weight excluding hydrogens is 988 g/mol. The summed E-state index contributed by atoms with van der Waals surface area (Å²) in [6, 6.07) is 30.5. The molecule has 1 amide bonds. The maximum atomic E-state index is 12.2. The Bertz CT molecular complexity index is 2500. The van der Waals surface area contributed by atoms with Crippen LogP contribution in [0.15, 0.2) is 78.9 Å². The van der Waals surface area contributed by atoms with Crippen molar-refractivity contribution >= 4 is 28.7 Å². The Kier molecular flexibility index (Phi) is 22.9. The van der Waals surface area contributed by atoms with Gasteiger partial charge in [0.2, 0.25) is 5.91 Å². The van der Waals surface area contributed by atoms with Crippen molar-refractivity contribution in [3.8, 4) is 17.2 Å². The van der Waals surface area contributed by atoms with Crippen molar-refractivity contribution in [2.24, 2.45) is 0 Å². The van der Waals surface area contributed by atoms with Crippen LogP contribution in [0.25, 0.3) is 0 Å². The van der Waals surface area contributed by atoms with Crippen LogP contribution in [0.4, 0.5) is 27.1 Å². The van der Waals surface area contributed by atoms with E-state index >= 15 is 0 Å². The molecule has 0 aromatic heterocycles. The number of likely N-dealkylation sites (N-methyl/N-ethyl adjacent to an activating group) is 1. The maximum absolute atomic E-state index is 12.2. The Morgan fingerprint density at radius 1 is 0.532 bits per heavy atom. The van der Waals surface area contributed by atoms with Gasteiger partial charge in [0.25, 0.3) is 0 Å². The Hall–Kier alpha value is -5.24. The van der Waals surface area contributed by atoms with Crippen LogP contribution in [-0.2, 0) is 26.5 Å². The first kappa shape index (κ1) is 64.6. The number of rotatable bonds is 13. The molecule has 0 saturated carbocycles. The molecule has 0 radical (unpaired) electrons. The molecule has 440 valence electrons. The third-order valence-electron chi connectivity index (χ3n) is 16.0. The Balaban J connectivity index is 0.000000194. The third-order valence-corrected chi connectivity index (χ3v) is 16.0. The molecule has 4 saturated heterocycles. The highest BCUT2D eigenvalue weighted by molar-refractivity contribution is 5.74. The minimum absolute atomic E-state index is 0.0613. The van der Waals surface area contributed by atoms with Gasteiger partial charge in [-0.25, -0.2) is 4.39 Å². The largest absolute Gasteiger partial charge is 0.496 e. The summed E-state index contributed by atoms with van der Waals surface area (Å²) in [6.07, 6.45) is 3.78. The second-order valence-electron chi connectivity index (χ2n) is 26.9. The van der Waals surface area contributed by atoms with Crippen LogP contribution in [0, 0.1) is 0 Å². The van der Waals surface area contributed by atoms with Crippen LogP contribution >= 0.6 is 0 Å². The molecule has 0 aliphatic carbocycles. The zero-order chi connectivity index (χ0) is 58.6. The number of halogens is 1. The van der Waals surface area contributed by atoms with Crippen molar-refractivity contribution in [1.82, 2.24) is 19.6 Å². The molecule has 8 rings (SSSR count). The molecule has 4 aromatic rings. The van der Waals surface area contributed by atoms with Gasteiger partial charge in [-0.2, -0.15) is 0 Å². The molecule has 4 aromatic carbocycles. The van der Waals surface area contributed by atoms with Crippen LogP contribution < -0.4 is 34.6 Å². The SMILES string of the molecule is CN(C)C1CCN(c2ccc(C(C)(C)C)cc2)CC1.COc1cc(N2CCC(N(C)C)C2)ccc1C(C)(C)C.COc1cc(NC2CN(C(C)=O)C2)ccc1C(C)(C)C.COc1cc(NC2CN(CCF)C2)ccc1C(C)(C)C. The minimum atomic E-state index is -0.263. The second-order valence-corrected chi connectivity index (χ2v) is 26.9. The van der Waals surface area contributed by atoms with Gasteiger partial charge in [-0.3, -0.25) is 9.69 Å². The summed E-state index contributed by atoms with van der Waals surface area (Å²) in [4.78, 5) is 24.8. The van der Waals surface area contributed by atoms with E-state index in [4.69, 9.17) is 14.2 Å². The van der Waals surface area contributed by atoms with Gasteiger partial charge < -0.3 is 49.3 Å². The van der Waals surface area contributed by atoms with Gasteiger partial charge in [0.15, 0.2) is 0 Å². The number of piperidine rings is 1. The number of carbonyl (C=O) groups is 1. The summed E-state index contributed by atoms with van der Waals surface area (Å²) in [5.41, 5.74) is 10.4. The molecule has 0 bridgehead atoms. The van der Waals surface area contributed by atoms with E-state index in [1.807, 2.05) is 11.0 Å². The highest BCUT2D eigenvalue weighted by Crippen LogP contribution is 2.37. The fourth-order valence-corrected chi connectivity index (χ4v) is 10.8. The van der Waals surface area contributed by atoms with Gasteiger partial charge in [-0.1, -0.05) is 113 Å². The first-order chi connectivity index (χ1) is 36.9. The number of ether oxygens (including phenoxy) is 3. The van der Waals surface area contributed by atoms with Crippen molar-refractivity contribution in [1.29, 1.82) is 0 Å². The summed E-state index contributed by atoms with van der Waals surface area (Å²) in [5.74, 6) is 2.97. The van der Waals surface area contributed by atoms with Gasteiger partial charge >= 0.3 is 0 Å². The molecule has 1 atom stereocenters. The van der Waals surface area contributed by atoms with Gasteiger partial charge in [0.1, 0.15) is 23.9 Å².